The number of carbonyl (C=O) groups excluding carboxylic acids is 1. The van der Waals surface area contributed by atoms with Gasteiger partial charge >= 0.3 is 5.97 Å². The van der Waals surface area contributed by atoms with Gasteiger partial charge in [0.05, 0.1) is 12.7 Å². The SMILES string of the molecule is COc1ccc(Oc2ccccc2)cc1C(=O)/C=C/C(=O)O. The number of benzene rings is 2. The summed E-state index contributed by atoms with van der Waals surface area (Å²) < 4.78 is 10.8. The number of rotatable bonds is 6. The Morgan fingerprint density at radius 2 is 1.73 bits per heavy atom. The molecule has 0 heterocycles. The van der Waals surface area contributed by atoms with E-state index in [4.69, 9.17) is 14.6 Å². The number of hydrogen-bond acceptors (Lipinski definition) is 4. The third-order valence-electron chi connectivity index (χ3n) is 2.79. The van der Waals surface area contributed by atoms with Crippen LogP contribution in [-0.2, 0) is 4.79 Å². The summed E-state index contributed by atoms with van der Waals surface area (Å²) >= 11 is 0. The molecule has 0 saturated heterocycles. The first-order valence-electron chi connectivity index (χ1n) is 6.46. The van der Waals surface area contributed by atoms with Crippen molar-refractivity contribution in [1.82, 2.24) is 0 Å². The predicted molar refractivity (Wildman–Crippen MR) is 80.6 cm³/mol. The summed E-state index contributed by atoms with van der Waals surface area (Å²) in [5.74, 6) is -0.228. The Balaban J connectivity index is 2.30. The molecule has 0 saturated carbocycles. The van der Waals surface area contributed by atoms with Crippen molar-refractivity contribution in [2.75, 3.05) is 7.11 Å². The van der Waals surface area contributed by atoms with Crippen molar-refractivity contribution in [2.24, 2.45) is 0 Å². The number of allylic oxidation sites excluding steroid dienone is 1. The number of carboxylic acids is 1. The van der Waals surface area contributed by atoms with Crippen LogP contribution in [0, 0.1) is 0 Å². The highest BCUT2D eigenvalue weighted by molar-refractivity contribution is 6.08. The molecule has 0 aliphatic carbocycles. The molecular formula is C17H14O5. The molecule has 0 spiro atoms. The second kappa shape index (κ2) is 7.08. The second-order valence-electron chi connectivity index (χ2n) is 4.31. The summed E-state index contributed by atoms with van der Waals surface area (Å²) in [7, 11) is 1.44. The van der Waals surface area contributed by atoms with Crippen LogP contribution in [0.5, 0.6) is 17.2 Å². The lowest BCUT2D eigenvalue weighted by molar-refractivity contribution is -0.131. The maximum absolute atomic E-state index is 12.0. The van der Waals surface area contributed by atoms with Gasteiger partial charge in [0, 0.05) is 6.08 Å². The lowest BCUT2D eigenvalue weighted by Gasteiger charge is -2.10. The summed E-state index contributed by atoms with van der Waals surface area (Å²) in [6.07, 6.45) is 1.76. The number of hydrogen-bond donors (Lipinski definition) is 1. The molecule has 5 heteroatoms. The fraction of sp³-hybridized carbons (Fsp3) is 0.0588. The molecule has 2 aromatic carbocycles. The van der Waals surface area contributed by atoms with Gasteiger partial charge in [-0.15, -0.1) is 0 Å². The molecule has 0 radical (unpaired) electrons. The predicted octanol–water partition coefficient (Wildman–Crippen LogP) is 3.31. The van der Waals surface area contributed by atoms with Crippen LogP contribution in [0.2, 0.25) is 0 Å². The summed E-state index contributed by atoms with van der Waals surface area (Å²) in [6.45, 7) is 0. The third kappa shape index (κ3) is 3.96. The maximum Gasteiger partial charge on any atom is 0.328 e. The lowest BCUT2D eigenvalue weighted by Crippen LogP contribution is -2.01. The number of aliphatic carboxylic acids is 1. The number of carbonyl (C=O) groups is 2. The molecule has 112 valence electrons. The quantitative estimate of drug-likeness (QED) is 0.654. The first kappa shape index (κ1) is 15.3. The molecule has 0 aliphatic rings. The van der Waals surface area contributed by atoms with Gasteiger partial charge in [-0.2, -0.15) is 0 Å². The Bertz CT molecular complexity index is 704. The Morgan fingerprint density at radius 1 is 1.00 bits per heavy atom. The van der Waals surface area contributed by atoms with Gasteiger partial charge in [-0.1, -0.05) is 18.2 Å². The van der Waals surface area contributed by atoms with E-state index in [0.717, 1.165) is 12.2 Å². The van der Waals surface area contributed by atoms with Gasteiger partial charge in [-0.25, -0.2) is 4.79 Å². The summed E-state index contributed by atoms with van der Waals surface area (Å²) in [5.41, 5.74) is 0.230. The summed E-state index contributed by atoms with van der Waals surface area (Å²) in [4.78, 5) is 22.6. The largest absolute Gasteiger partial charge is 0.496 e. The van der Waals surface area contributed by atoms with E-state index in [1.54, 1.807) is 24.3 Å². The summed E-state index contributed by atoms with van der Waals surface area (Å²) in [5, 5.41) is 8.59. The molecule has 0 aliphatic heterocycles. The smallest absolute Gasteiger partial charge is 0.328 e. The van der Waals surface area contributed by atoms with E-state index >= 15 is 0 Å². The normalized spacial score (nSPS) is 10.4. The van der Waals surface area contributed by atoms with Crippen LogP contribution in [-0.4, -0.2) is 24.0 Å². The van der Waals surface area contributed by atoms with E-state index in [0.29, 0.717) is 17.2 Å². The second-order valence-corrected chi connectivity index (χ2v) is 4.31. The zero-order valence-electron chi connectivity index (χ0n) is 11.9. The zero-order chi connectivity index (χ0) is 15.9. The van der Waals surface area contributed by atoms with Crippen LogP contribution >= 0.6 is 0 Å². The fourth-order valence-electron chi connectivity index (χ4n) is 1.80. The zero-order valence-corrected chi connectivity index (χ0v) is 11.9. The van der Waals surface area contributed by atoms with E-state index in [9.17, 15) is 9.59 Å². The molecule has 1 N–H and O–H groups in total. The van der Waals surface area contributed by atoms with Crippen molar-refractivity contribution in [3.05, 3.63) is 66.2 Å². The molecule has 0 aromatic heterocycles. The Labute approximate surface area is 127 Å². The number of carboxylic acid groups (broad SMARTS) is 1. The van der Waals surface area contributed by atoms with Crippen LogP contribution in [0.4, 0.5) is 0 Å². The molecule has 0 amide bonds. The van der Waals surface area contributed by atoms with Gasteiger partial charge in [0.15, 0.2) is 5.78 Å². The highest BCUT2D eigenvalue weighted by Crippen LogP contribution is 2.28. The molecule has 0 unspecified atom stereocenters. The molecule has 22 heavy (non-hydrogen) atoms. The van der Waals surface area contributed by atoms with Crippen LogP contribution in [0.25, 0.3) is 0 Å². The van der Waals surface area contributed by atoms with E-state index in [2.05, 4.69) is 0 Å². The standard InChI is InChI=1S/C17H14O5/c1-21-16-9-7-13(22-12-5-3-2-4-6-12)11-14(16)15(18)8-10-17(19)20/h2-11H,1H3,(H,19,20)/b10-8+. The van der Waals surface area contributed by atoms with Crippen LogP contribution in [0.3, 0.4) is 0 Å². The highest BCUT2D eigenvalue weighted by Gasteiger charge is 2.12. The average molecular weight is 298 g/mol. The molecule has 5 nitrogen and oxygen atoms in total. The summed E-state index contributed by atoms with van der Waals surface area (Å²) in [6, 6.07) is 13.9. The Hall–Kier alpha value is -3.08. The number of methoxy groups -OCH3 is 1. The minimum Gasteiger partial charge on any atom is -0.496 e. The lowest BCUT2D eigenvalue weighted by atomic mass is 10.1. The van der Waals surface area contributed by atoms with E-state index in [-0.39, 0.29) is 5.56 Å². The fourth-order valence-corrected chi connectivity index (χ4v) is 1.80. The van der Waals surface area contributed by atoms with E-state index in [1.807, 2.05) is 18.2 Å². The molecular weight excluding hydrogens is 284 g/mol. The van der Waals surface area contributed by atoms with Crippen LogP contribution < -0.4 is 9.47 Å². The van der Waals surface area contributed by atoms with Crippen LogP contribution in [0.15, 0.2) is 60.7 Å². The van der Waals surface area contributed by atoms with Crippen molar-refractivity contribution < 1.29 is 24.2 Å². The van der Waals surface area contributed by atoms with Gasteiger partial charge in [0.2, 0.25) is 0 Å². The minimum atomic E-state index is -1.19. The number of para-hydroxylation sites is 1. The number of ketones is 1. The number of ether oxygens (including phenoxy) is 2. The monoisotopic (exact) mass is 298 g/mol. The van der Waals surface area contributed by atoms with Crippen LogP contribution in [0.1, 0.15) is 10.4 Å². The highest BCUT2D eigenvalue weighted by atomic mass is 16.5. The van der Waals surface area contributed by atoms with Gasteiger partial charge in [0.25, 0.3) is 0 Å². The van der Waals surface area contributed by atoms with Crippen molar-refractivity contribution in [3.8, 4) is 17.2 Å². The van der Waals surface area contributed by atoms with E-state index in [1.165, 1.54) is 13.2 Å². The Kier molecular flexibility index (Phi) is 4.93. The van der Waals surface area contributed by atoms with Crippen molar-refractivity contribution in [1.29, 1.82) is 0 Å². The van der Waals surface area contributed by atoms with E-state index < -0.39 is 11.8 Å². The minimum absolute atomic E-state index is 0.230. The molecule has 0 atom stereocenters. The van der Waals surface area contributed by atoms with Crippen molar-refractivity contribution in [2.45, 2.75) is 0 Å². The van der Waals surface area contributed by atoms with Gasteiger partial charge in [0.1, 0.15) is 17.2 Å². The van der Waals surface area contributed by atoms with Crippen molar-refractivity contribution >= 4 is 11.8 Å². The topological polar surface area (TPSA) is 72.8 Å². The van der Waals surface area contributed by atoms with Crippen molar-refractivity contribution in [3.63, 3.8) is 0 Å². The van der Waals surface area contributed by atoms with Gasteiger partial charge < -0.3 is 14.6 Å². The molecule has 2 aromatic rings. The molecule has 0 fully saturated rings. The molecule has 0 bridgehead atoms. The average Bonchev–Trinajstić information content (AvgIpc) is 2.53. The maximum atomic E-state index is 12.0. The van der Waals surface area contributed by atoms with Gasteiger partial charge in [-0.3, -0.25) is 4.79 Å². The third-order valence-corrected chi connectivity index (χ3v) is 2.79. The Morgan fingerprint density at radius 3 is 2.36 bits per heavy atom. The first-order valence-corrected chi connectivity index (χ1v) is 6.46. The van der Waals surface area contributed by atoms with Gasteiger partial charge in [-0.05, 0) is 36.4 Å². The molecule has 2 rings (SSSR count). The first-order chi connectivity index (χ1) is 10.6.